The summed E-state index contributed by atoms with van der Waals surface area (Å²) in [5.74, 6) is 0.259. The van der Waals surface area contributed by atoms with Crippen LogP contribution in [-0.2, 0) is 9.63 Å². The smallest absolute Gasteiger partial charge is 0.343 e. The van der Waals surface area contributed by atoms with Gasteiger partial charge in [-0.2, -0.15) is 0 Å². The molecule has 152 valence electrons. The molecule has 0 bridgehead atoms. The van der Waals surface area contributed by atoms with Crippen molar-refractivity contribution in [2.24, 2.45) is 5.16 Å². The molecule has 0 saturated heterocycles. The molecule has 1 amide bonds. The van der Waals surface area contributed by atoms with E-state index < -0.39 is 11.9 Å². The molecule has 1 N–H and O–H groups in total. The van der Waals surface area contributed by atoms with E-state index in [0.29, 0.717) is 28.4 Å². The molecule has 30 heavy (non-hydrogen) atoms. The number of nitrogens with one attached hydrogen (secondary N) is 1. The molecule has 0 aliphatic rings. The predicted octanol–water partition coefficient (Wildman–Crippen LogP) is 3.79. The maximum absolute atomic E-state index is 12.3. The normalized spacial score (nSPS) is 10.8. The van der Waals surface area contributed by atoms with Gasteiger partial charge in [0.15, 0.2) is 5.71 Å². The van der Waals surface area contributed by atoms with Gasteiger partial charge in [0.2, 0.25) is 0 Å². The largest absolute Gasteiger partial charge is 0.457 e. The lowest BCUT2D eigenvalue weighted by molar-refractivity contribution is -0.114. The third-order valence-electron chi connectivity index (χ3n) is 4.02. The van der Waals surface area contributed by atoms with E-state index in [2.05, 4.69) is 10.5 Å². The van der Waals surface area contributed by atoms with Crippen molar-refractivity contribution < 1.29 is 23.9 Å². The van der Waals surface area contributed by atoms with Crippen LogP contribution in [0.15, 0.2) is 84.0 Å². The van der Waals surface area contributed by atoms with Gasteiger partial charge in [0, 0.05) is 13.1 Å². The number of rotatable bonds is 7. The van der Waals surface area contributed by atoms with Crippen molar-refractivity contribution in [3.05, 3.63) is 90.0 Å². The van der Waals surface area contributed by atoms with Crippen LogP contribution in [0.2, 0.25) is 0 Å². The lowest BCUT2D eigenvalue weighted by Crippen LogP contribution is -2.28. The van der Waals surface area contributed by atoms with E-state index in [1.807, 2.05) is 6.07 Å². The van der Waals surface area contributed by atoms with Gasteiger partial charge in [0.1, 0.15) is 24.4 Å². The number of hydrogen-bond acceptors (Lipinski definition) is 6. The quantitative estimate of drug-likeness (QED) is 0.280. The lowest BCUT2D eigenvalue weighted by atomic mass is 10.1. The van der Waals surface area contributed by atoms with Crippen LogP contribution in [0.25, 0.3) is 0 Å². The highest BCUT2D eigenvalue weighted by Crippen LogP contribution is 2.29. The molecule has 0 radical (unpaired) electrons. The second-order valence-electron chi connectivity index (χ2n) is 6.03. The van der Waals surface area contributed by atoms with Crippen LogP contribution in [-0.4, -0.2) is 31.7 Å². The Morgan fingerprint density at radius 1 is 0.867 bits per heavy atom. The summed E-state index contributed by atoms with van der Waals surface area (Å²) in [6.45, 7) is 0. The molecule has 7 heteroatoms. The number of para-hydroxylation sites is 1. The van der Waals surface area contributed by atoms with E-state index in [4.69, 9.17) is 14.3 Å². The third kappa shape index (κ3) is 5.02. The average Bonchev–Trinajstić information content (AvgIpc) is 2.78. The van der Waals surface area contributed by atoms with Crippen molar-refractivity contribution >= 4 is 17.6 Å². The van der Waals surface area contributed by atoms with Gasteiger partial charge in [-0.3, -0.25) is 4.79 Å². The highest BCUT2D eigenvalue weighted by molar-refractivity contribution is 6.45. The van der Waals surface area contributed by atoms with Crippen molar-refractivity contribution in [3.8, 4) is 17.2 Å². The number of likely N-dealkylation sites (N-methyl/N-ethyl adjacent to an activating group) is 1. The molecular formula is C23H20N2O5. The Labute approximate surface area is 173 Å². The molecule has 3 aromatic rings. The molecule has 0 spiro atoms. The van der Waals surface area contributed by atoms with Gasteiger partial charge in [-0.05, 0) is 36.4 Å². The Morgan fingerprint density at radius 3 is 2.30 bits per heavy atom. The number of amides is 1. The van der Waals surface area contributed by atoms with Crippen LogP contribution in [0, 0.1) is 0 Å². The molecular weight excluding hydrogens is 384 g/mol. The number of ether oxygens (including phenoxy) is 2. The summed E-state index contributed by atoms with van der Waals surface area (Å²) >= 11 is 0. The van der Waals surface area contributed by atoms with Crippen LogP contribution in [0.4, 0.5) is 0 Å². The predicted molar refractivity (Wildman–Crippen MR) is 112 cm³/mol. The molecule has 3 aromatic carbocycles. The van der Waals surface area contributed by atoms with E-state index in [1.54, 1.807) is 72.8 Å². The first kappa shape index (κ1) is 20.6. The van der Waals surface area contributed by atoms with Gasteiger partial charge in [0.05, 0.1) is 11.1 Å². The summed E-state index contributed by atoms with van der Waals surface area (Å²) in [6, 6.07) is 22.3. The molecule has 0 heterocycles. The van der Waals surface area contributed by atoms with Crippen molar-refractivity contribution in [1.82, 2.24) is 5.32 Å². The Morgan fingerprint density at radius 2 is 1.57 bits per heavy atom. The van der Waals surface area contributed by atoms with E-state index in [1.165, 1.54) is 14.2 Å². The standard InChI is InChI=1S/C23H20N2O5/c1-24-22(26)21(25-28-2)19-13-6-7-14-20(19)29-17-11-8-12-18(15-17)30-23(27)16-9-4-3-5-10-16/h3-15H,1-2H3,(H,24,26)/b25-21-. The minimum atomic E-state index is -0.470. The number of carbonyl (C=O) groups is 2. The summed E-state index contributed by atoms with van der Waals surface area (Å²) < 4.78 is 11.4. The molecule has 0 aliphatic carbocycles. The maximum atomic E-state index is 12.3. The fraction of sp³-hybridized carbons (Fsp3) is 0.0870. The summed E-state index contributed by atoms with van der Waals surface area (Å²) in [7, 11) is 2.86. The molecule has 0 aliphatic heterocycles. The Balaban J connectivity index is 1.84. The Hall–Kier alpha value is -4.13. The number of oxime groups is 1. The first-order chi connectivity index (χ1) is 14.6. The number of nitrogens with zero attached hydrogens (tertiary/aromatic N) is 1. The number of hydrogen-bond donors (Lipinski definition) is 1. The monoisotopic (exact) mass is 404 g/mol. The lowest BCUT2D eigenvalue weighted by Gasteiger charge is -2.13. The van der Waals surface area contributed by atoms with Crippen molar-refractivity contribution in [1.29, 1.82) is 0 Å². The second kappa shape index (κ2) is 9.88. The summed E-state index contributed by atoms with van der Waals surface area (Å²) in [4.78, 5) is 29.3. The first-order valence-electron chi connectivity index (χ1n) is 9.10. The van der Waals surface area contributed by atoms with Gasteiger partial charge in [-0.25, -0.2) is 4.79 Å². The van der Waals surface area contributed by atoms with Gasteiger partial charge < -0.3 is 19.6 Å². The average molecular weight is 404 g/mol. The van der Waals surface area contributed by atoms with Gasteiger partial charge >= 0.3 is 5.97 Å². The molecule has 7 nitrogen and oxygen atoms in total. The van der Waals surface area contributed by atoms with Gasteiger partial charge in [-0.1, -0.05) is 41.6 Å². The van der Waals surface area contributed by atoms with Gasteiger partial charge in [0.25, 0.3) is 5.91 Å². The van der Waals surface area contributed by atoms with Crippen LogP contribution >= 0.6 is 0 Å². The number of carbonyl (C=O) groups excluding carboxylic acids is 2. The minimum Gasteiger partial charge on any atom is -0.457 e. The molecule has 0 fully saturated rings. The molecule has 3 rings (SSSR count). The Bertz CT molecular complexity index is 1060. The van der Waals surface area contributed by atoms with Gasteiger partial charge in [-0.15, -0.1) is 0 Å². The maximum Gasteiger partial charge on any atom is 0.343 e. The highest BCUT2D eigenvalue weighted by Gasteiger charge is 2.19. The molecule has 0 atom stereocenters. The zero-order valence-electron chi connectivity index (χ0n) is 16.5. The molecule has 0 aromatic heterocycles. The SMILES string of the molecule is CNC(=O)/C(=N\OC)c1ccccc1Oc1cccc(OC(=O)c2ccccc2)c1. The summed E-state index contributed by atoms with van der Waals surface area (Å²) in [6.07, 6.45) is 0. The van der Waals surface area contributed by atoms with Crippen LogP contribution in [0.1, 0.15) is 15.9 Å². The van der Waals surface area contributed by atoms with Crippen molar-refractivity contribution in [3.63, 3.8) is 0 Å². The second-order valence-corrected chi connectivity index (χ2v) is 6.03. The van der Waals surface area contributed by atoms with E-state index in [9.17, 15) is 9.59 Å². The fourth-order valence-corrected chi connectivity index (χ4v) is 2.64. The van der Waals surface area contributed by atoms with Crippen LogP contribution < -0.4 is 14.8 Å². The topological polar surface area (TPSA) is 86.2 Å². The zero-order chi connectivity index (χ0) is 21.3. The Kier molecular flexibility index (Phi) is 6.78. The van der Waals surface area contributed by atoms with E-state index >= 15 is 0 Å². The fourth-order valence-electron chi connectivity index (χ4n) is 2.64. The third-order valence-corrected chi connectivity index (χ3v) is 4.02. The molecule has 0 unspecified atom stereocenters. The van der Waals surface area contributed by atoms with E-state index in [0.717, 1.165) is 0 Å². The van der Waals surface area contributed by atoms with Crippen LogP contribution in [0.5, 0.6) is 17.2 Å². The van der Waals surface area contributed by atoms with E-state index in [-0.39, 0.29) is 5.71 Å². The minimum absolute atomic E-state index is 0.0715. The number of esters is 1. The zero-order valence-corrected chi connectivity index (χ0v) is 16.5. The summed E-state index contributed by atoms with van der Waals surface area (Å²) in [5.41, 5.74) is 0.966. The number of benzene rings is 3. The van der Waals surface area contributed by atoms with Crippen LogP contribution in [0.3, 0.4) is 0 Å². The highest BCUT2D eigenvalue weighted by atomic mass is 16.6. The van der Waals surface area contributed by atoms with Crippen molar-refractivity contribution in [2.45, 2.75) is 0 Å². The van der Waals surface area contributed by atoms with Crippen molar-refractivity contribution in [2.75, 3.05) is 14.2 Å². The molecule has 0 saturated carbocycles. The summed E-state index contributed by atoms with van der Waals surface area (Å²) in [5, 5.41) is 6.34. The first-order valence-corrected chi connectivity index (χ1v) is 9.10.